The van der Waals surface area contributed by atoms with Crippen LogP contribution in [0.5, 0.6) is 11.5 Å². The van der Waals surface area contributed by atoms with Gasteiger partial charge in [0.05, 0.1) is 24.2 Å². The van der Waals surface area contributed by atoms with Gasteiger partial charge in [0, 0.05) is 16.0 Å². The second kappa shape index (κ2) is 11.9. The molecular formula is C28H26ClF3N2O5S. The molecule has 212 valence electrons. The molecule has 2 aromatic carbocycles. The third-order valence-corrected chi connectivity index (χ3v) is 7.79. The summed E-state index contributed by atoms with van der Waals surface area (Å²) in [6.45, 7) is 3.97. The highest BCUT2D eigenvalue weighted by Crippen LogP contribution is 2.34. The number of esters is 1. The summed E-state index contributed by atoms with van der Waals surface area (Å²) in [4.78, 5) is 30.7. The zero-order valence-electron chi connectivity index (χ0n) is 22.0. The van der Waals surface area contributed by atoms with Crippen molar-refractivity contribution in [2.45, 2.75) is 33.1 Å². The van der Waals surface area contributed by atoms with E-state index in [0.717, 1.165) is 10.4 Å². The first-order valence-corrected chi connectivity index (χ1v) is 13.4. The second-order valence-corrected chi connectivity index (χ2v) is 10.9. The number of hydrogen-bond donors (Lipinski definition) is 0. The number of methoxy groups -OCH3 is 1. The maximum absolute atomic E-state index is 13.6. The molecule has 1 unspecified atom stereocenters. The minimum Gasteiger partial charge on any atom is -0.493 e. The van der Waals surface area contributed by atoms with Crippen LogP contribution in [0, 0.1) is 11.8 Å². The first-order chi connectivity index (χ1) is 18.9. The van der Waals surface area contributed by atoms with Crippen LogP contribution in [0.15, 0.2) is 59.7 Å². The Morgan fingerprint density at radius 2 is 1.77 bits per heavy atom. The molecule has 2 aromatic heterocycles. The topological polar surface area (TPSA) is 79.7 Å². The Labute approximate surface area is 237 Å². The van der Waals surface area contributed by atoms with Crippen LogP contribution in [0.25, 0.3) is 26.3 Å². The van der Waals surface area contributed by atoms with E-state index in [1.54, 1.807) is 26.0 Å². The van der Waals surface area contributed by atoms with Gasteiger partial charge in [-0.3, -0.25) is 14.2 Å². The van der Waals surface area contributed by atoms with Crippen LogP contribution in [-0.4, -0.2) is 41.5 Å². The number of ether oxygens (including phenoxy) is 3. The van der Waals surface area contributed by atoms with Crippen molar-refractivity contribution < 1.29 is 32.2 Å². The van der Waals surface area contributed by atoms with Crippen LogP contribution in [0.4, 0.5) is 13.2 Å². The lowest BCUT2D eigenvalue weighted by molar-refractivity contribution is -0.229. The lowest BCUT2D eigenvalue weighted by atomic mass is 9.98. The number of halogens is 4. The van der Waals surface area contributed by atoms with Crippen molar-refractivity contribution in [3.63, 3.8) is 0 Å². The number of alkyl halides is 3. The van der Waals surface area contributed by atoms with Crippen molar-refractivity contribution in [3.05, 3.63) is 70.2 Å². The third kappa shape index (κ3) is 6.42. The third-order valence-electron chi connectivity index (χ3n) is 6.38. The number of carbonyl (C=O) groups excluding carboxylic acids is 1. The van der Waals surface area contributed by atoms with Crippen molar-refractivity contribution >= 4 is 39.1 Å². The summed E-state index contributed by atoms with van der Waals surface area (Å²) in [6.07, 6.45) is -5.93. The van der Waals surface area contributed by atoms with E-state index < -0.39 is 30.8 Å². The van der Waals surface area contributed by atoms with E-state index in [0.29, 0.717) is 20.9 Å². The van der Waals surface area contributed by atoms with Crippen LogP contribution in [0.3, 0.4) is 0 Å². The van der Waals surface area contributed by atoms with Gasteiger partial charge < -0.3 is 14.2 Å². The highest BCUT2D eigenvalue weighted by atomic mass is 35.5. The van der Waals surface area contributed by atoms with Crippen molar-refractivity contribution in [2.75, 3.05) is 13.7 Å². The lowest BCUT2D eigenvalue weighted by Gasteiger charge is -2.24. The van der Waals surface area contributed by atoms with Gasteiger partial charge in [-0.2, -0.15) is 13.2 Å². The Hall–Kier alpha value is -3.57. The van der Waals surface area contributed by atoms with Gasteiger partial charge in [0.2, 0.25) is 6.10 Å². The standard InChI is InChI=1S/C28H26ClF3N2O5S/c1-15(2)16(3)27(36)39-24(28(30,31)32)13-38-21-10-9-19(11-22(21)37-4)34-14-33-20-12-23(40-25(20)26(34)35)17-5-7-18(29)8-6-17/h5-12,14-16,24H,13H2,1-4H3/t16-,24?/m0/s1. The molecule has 0 bridgehead atoms. The van der Waals surface area contributed by atoms with E-state index in [1.165, 1.54) is 54.5 Å². The van der Waals surface area contributed by atoms with E-state index in [9.17, 15) is 22.8 Å². The molecule has 0 aliphatic carbocycles. The van der Waals surface area contributed by atoms with Crippen LogP contribution in [-0.2, 0) is 9.53 Å². The molecule has 0 saturated heterocycles. The first kappa shape index (κ1) is 29.4. The molecule has 4 aromatic rings. The summed E-state index contributed by atoms with van der Waals surface area (Å²) >= 11 is 7.26. The van der Waals surface area contributed by atoms with Gasteiger partial charge in [0.15, 0.2) is 11.5 Å². The fourth-order valence-electron chi connectivity index (χ4n) is 3.66. The van der Waals surface area contributed by atoms with Crippen LogP contribution >= 0.6 is 22.9 Å². The minimum atomic E-state index is -4.83. The fraction of sp³-hybridized carbons (Fsp3) is 0.321. The van der Waals surface area contributed by atoms with Gasteiger partial charge in [-0.25, -0.2) is 4.98 Å². The van der Waals surface area contributed by atoms with Crippen LogP contribution in [0.1, 0.15) is 20.8 Å². The molecular weight excluding hydrogens is 569 g/mol. The van der Waals surface area contributed by atoms with Crippen LogP contribution < -0.4 is 15.0 Å². The Morgan fingerprint density at radius 3 is 2.40 bits per heavy atom. The van der Waals surface area contributed by atoms with E-state index in [1.807, 2.05) is 18.2 Å². The molecule has 0 spiro atoms. The van der Waals surface area contributed by atoms with E-state index in [4.69, 9.17) is 25.8 Å². The lowest BCUT2D eigenvalue weighted by Crippen LogP contribution is -2.40. The van der Waals surface area contributed by atoms with Crippen molar-refractivity contribution in [1.29, 1.82) is 0 Å². The van der Waals surface area contributed by atoms with Gasteiger partial charge >= 0.3 is 12.1 Å². The summed E-state index contributed by atoms with van der Waals surface area (Å²) in [6, 6.07) is 13.4. The molecule has 0 saturated carbocycles. The molecule has 2 heterocycles. The average molecular weight is 595 g/mol. The quantitative estimate of drug-likeness (QED) is 0.196. The molecule has 40 heavy (non-hydrogen) atoms. The van der Waals surface area contributed by atoms with E-state index in [2.05, 4.69) is 4.98 Å². The number of thiophene rings is 1. The SMILES string of the molecule is COc1cc(-n2cnc3cc(-c4ccc(Cl)cc4)sc3c2=O)ccc1OCC(OC(=O)[C@@H](C)C(C)C)C(F)(F)F. The van der Waals surface area contributed by atoms with Crippen molar-refractivity contribution in [1.82, 2.24) is 9.55 Å². The summed E-state index contributed by atoms with van der Waals surface area (Å²) in [5.74, 6) is -1.80. The van der Waals surface area contributed by atoms with Gasteiger partial charge in [0.25, 0.3) is 5.56 Å². The smallest absolute Gasteiger partial charge is 0.428 e. The van der Waals surface area contributed by atoms with Crippen molar-refractivity contribution in [3.8, 4) is 27.6 Å². The second-order valence-electron chi connectivity index (χ2n) is 9.40. The zero-order chi connectivity index (χ0) is 29.2. The summed E-state index contributed by atoms with van der Waals surface area (Å²) in [5.41, 5.74) is 1.47. The number of fused-ring (bicyclic) bond motifs is 1. The van der Waals surface area contributed by atoms with E-state index in [-0.39, 0.29) is 23.0 Å². The molecule has 0 amide bonds. The predicted octanol–water partition coefficient (Wildman–Crippen LogP) is 6.92. The normalized spacial score (nSPS) is 13.3. The highest BCUT2D eigenvalue weighted by Gasteiger charge is 2.44. The summed E-state index contributed by atoms with van der Waals surface area (Å²) < 4.78 is 57.9. The summed E-state index contributed by atoms with van der Waals surface area (Å²) in [5, 5.41) is 0.599. The van der Waals surface area contributed by atoms with Crippen molar-refractivity contribution in [2.24, 2.45) is 11.8 Å². The number of nitrogens with zero attached hydrogens (tertiary/aromatic N) is 2. The van der Waals surface area contributed by atoms with Gasteiger partial charge in [-0.15, -0.1) is 11.3 Å². The van der Waals surface area contributed by atoms with Gasteiger partial charge in [-0.1, -0.05) is 44.5 Å². The number of rotatable bonds is 9. The van der Waals surface area contributed by atoms with Gasteiger partial charge in [-0.05, 0) is 41.8 Å². The molecule has 4 rings (SSSR count). The van der Waals surface area contributed by atoms with Gasteiger partial charge in [0.1, 0.15) is 17.6 Å². The highest BCUT2D eigenvalue weighted by molar-refractivity contribution is 7.22. The van der Waals surface area contributed by atoms with Crippen LogP contribution in [0.2, 0.25) is 5.02 Å². The molecule has 7 nitrogen and oxygen atoms in total. The molecule has 2 atom stereocenters. The molecule has 0 aliphatic heterocycles. The number of benzene rings is 2. The monoisotopic (exact) mass is 594 g/mol. The molecule has 12 heteroatoms. The summed E-state index contributed by atoms with van der Waals surface area (Å²) in [7, 11) is 1.32. The Balaban J connectivity index is 1.58. The maximum atomic E-state index is 13.6. The number of aromatic nitrogens is 2. The zero-order valence-corrected chi connectivity index (χ0v) is 23.6. The Kier molecular flexibility index (Phi) is 8.74. The minimum absolute atomic E-state index is 0.0170. The molecule has 0 fully saturated rings. The molecule has 0 aliphatic rings. The molecule has 0 N–H and O–H groups in total. The Bertz CT molecular complexity index is 1570. The maximum Gasteiger partial charge on any atom is 0.428 e. The number of carbonyl (C=O) groups is 1. The molecule has 0 radical (unpaired) electrons. The first-order valence-electron chi connectivity index (χ1n) is 12.2. The fourth-order valence-corrected chi connectivity index (χ4v) is 4.83. The largest absolute Gasteiger partial charge is 0.493 e. The van der Waals surface area contributed by atoms with E-state index >= 15 is 0 Å². The Morgan fingerprint density at radius 1 is 1.07 bits per heavy atom. The predicted molar refractivity (Wildman–Crippen MR) is 148 cm³/mol. The number of hydrogen-bond acceptors (Lipinski definition) is 7. The average Bonchev–Trinajstić information content (AvgIpc) is 3.35.